The Morgan fingerprint density at radius 2 is 1.14 bits per heavy atom. The van der Waals surface area contributed by atoms with E-state index in [-0.39, 0.29) is 24.8 Å². The van der Waals surface area contributed by atoms with Crippen LogP contribution in [-0.2, 0) is 4.74 Å². The van der Waals surface area contributed by atoms with Gasteiger partial charge >= 0.3 is 0 Å². The summed E-state index contributed by atoms with van der Waals surface area (Å²) in [5.41, 5.74) is 2.94. The summed E-state index contributed by atoms with van der Waals surface area (Å²) in [4.78, 5) is 5.21. The molecular weight excluding hydrogens is 403 g/mol. The fourth-order valence-electron chi connectivity index (χ4n) is 4.68. The van der Waals surface area contributed by atoms with Crippen molar-refractivity contribution in [3.63, 3.8) is 0 Å². The second-order valence-electron chi connectivity index (χ2n) is 7.93. The second-order valence-corrected chi connectivity index (χ2v) is 7.93. The van der Waals surface area contributed by atoms with Crippen molar-refractivity contribution < 1.29 is 4.74 Å². The summed E-state index contributed by atoms with van der Waals surface area (Å²) in [6, 6.07) is 22.2. The van der Waals surface area contributed by atoms with E-state index in [0.717, 1.165) is 32.2 Å². The van der Waals surface area contributed by atoms with Crippen molar-refractivity contribution in [1.82, 2.24) is 9.80 Å². The van der Waals surface area contributed by atoms with Gasteiger partial charge in [-0.3, -0.25) is 4.90 Å². The molecule has 2 aromatic rings. The maximum atomic E-state index is 5.46. The minimum atomic E-state index is 0. The van der Waals surface area contributed by atoms with Crippen molar-refractivity contribution >= 4 is 24.8 Å². The monoisotopic (exact) mass is 436 g/mol. The summed E-state index contributed by atoms with van der Waals surface area (Å²) in [7, 11) is 0. The van der Waals surface area contributed by atoms with E-state index in [2.05, 4.69) is 70.5 Å². The van der Waals surface area contributed by atoms with Crippen LogP contribution >= 0.6 is 24.8 Å². The molecule has 0 saturated carbocycles. The van der Waals surface area contributed by atoms with Gasteiger partial charge in [-0.05, 0) is 43.0 Å². The van der Waals surface area contributed by atoms with Gasteiger partial charge in [0.15, 0.2) is 0 Å². The van der Waals surface area contributed by atoms with Crippen LogP contribution in [0.3, 0.4) is 0 Å². The number of nitrogens with zero attached hydrogens (tertiary/aromatic N) is 2. The average molecular weight is 437 g/mol. The van der Waals surface area contributed by atoms with Crippen LogP contribution in [-0.4, -0.2) is 62.3 Å². The molecule has 4 rings (SSSR count). The van der Waals surface area contributed by atoms with Gasteiger partial charge in [0, 0.05) is 32.1 Å². The first kappa shape index (κ1) is 24.2. The van der Waals surface area contributed by atoms with Gasteiger partial charge in [-0.25, -0.2) is 0 Å². The summed E-state index contributed by atoms with van der Waals surface area (Å²) in [5.74, 6) is 1.25. The van der Waals surface area contributed by atoms with E-state index in [1.54, 1.807) is 0 Å². The van der Waals surface area contributed by atoms with Crippen LogP contribution < -0.4 is 0 Å². The van der Waals surface area contributed by atoms with E-state index in [0.29, 0.717) is 5.92 Å². The molecule has 0 spiro atoms. The number of ether oxygens (including phenoxy) is 1. The Kier molecular flexibility index (Phi) is 10.5. The smallest absolute Gasteiger partial charge is 0.0594 e. The molecule has 2 aliphatic rings. The predicted octanol–water partition coefficient (Wildman–Crippen LogP) is 4.71. The maximum Gasteiger partial charge on any atom is 0.0594 e. The van der Waals surface area contributed by atoms with Crippen molar-refractivity contribution in [2.45, 2.75) is 18.8 Å². The highest BCUT2D eigenvalue weighted by Gasteiger charge is 2.28. The fourth-order valence-corrected chi connectivity index (χ4v) is 4.68. The first-order valence-electron chi connectivity index (χ1n) is 10.5. The van der Waals surface area contributed by atoms with Crippen molar-refractivity contribution in [3.8, 4) is 0 Å². The van der Waals surface area contributed by atoms with Crippen molar-refractivity contribution in [1.29, 1.82) is 0 Å². The molecule has 2 fully saturated rings. The molecule has 0 amide bonds. The highest BCUT2D eigenvalue weighted by Crippen LogP contribution is 2.37. The topological polar surface area (TPSA) is 15.7 Å². The first-order chi connectivity index (χ1) is 13.4. The van der Waals surface area contributed by atoms with Gasteiger partial charge in [0.2, 0.25) is 0 Å². The third-order valence-electron chi connectivity index (χ3n) is 6.26. The zero-order valence-electron chi connectivity index (χ0n) is 17.1. The van der Waals surface area contributed by atoms with Gasteiger partial charge in [-0.2, -0.15) is 0 Å². The van der Waals surface area contributed by atoms with Gasteiger partial charge in [-0.15, -0.1) is 24.8 Å². The lowest BCUT2D eigenvalue weighted by molar-refractivity contribution is 0.0312. The van der Waals surface area contributed by atoms with Crippen molar-refractivity contribution in [2.75, 3.05) is 52.5 Å². The van der Waals surface area contributed by atoms with E-state index < -0.39 is 0 Å². The zero-order valence-corrected chi connectivity index (χ0v) is 18.8. The van der Waals surface area contributed by atoms with E-state index >= 15 is 0 Å². The van der Waals surface area contributed by atoms with Crippen molar-refractivity contribution in [2.24, 2.45) is 5.92 Å². The first-order valence-corrected chi connectivity index (χ1v) is 10.5. The number of benzene rings is 2. The molecule has 0 bridgehead atoms. The predicted molar refractivity (Wildman–Crippen MR) is 126 cm³/mol. The van der Waals surface area contributed by atoms with Crippen LogP contribution in [0.1, 0.15) is 29.9 Å². The third-order valence-corrected chi connectivity index (χ3v) is 6.26. The van der Waals surface area contributed by atoms with Gasteiger partial charge in [0.25, 0.3) is 0 Å². The lowest BCUT2D eigenvalue weighted by Crippen LogP contribution is -2.44. The molecule has 3 nitrogen and oxygen atoms in total. The molecule has 0 unspecified atom stereocenters. The van der Waals surface area contributed by atoms with Crippen LogP contribution in [0.2, 0.25) is 0 Å². The van der Waals surface area contributed by atoms with Gasteiger partial charge < -0.3 is 9.64 Å². The minimum Gasteiger partial charge on any atom is -0.379 e. The molecule has 5 heteroatoms. The molecule has 29 heavy (non-hydrogen) atoms. The van der Waals surface area contributed by atoms with Crippen LogP contribution in [0.15, 0.2) is 60.7 Å². The Balaban J connectivity index is 0.00000150. The quantitative estimate of drug-likeness (QED) is 0.651. The average Bonchev–Trinajstić information content (AvgIpc) is 2.76. The number of rotatable bonds is 6. The Bertz CT molecular complexity index is 632. The van der Waals surface area contributed by atoms with Crippen LogP contribution in [0.25, 0.3) is 0 Å². The molecule has 2 aromatic carbocycles. The standard InChI is InChI=1S/C24H32N2O.2ClH/c1-3-7-21(8-4-1)24(22-9-5-2-6-10-22)23-11-13-25(14-12-23)15-16-26-17-19-27-20-18-26;;/h1-10,23-24H,11-20H2;2*1H. The molecule has 0 aliphatic carbocycles. The molecule has 0 N–H and O–H groups in total. The van der Waals surface area contributed by atoms with Crippen LogP contribution in [0.5, 0.6) is 0 Å². The Labute approximate surface area is 188 Å². The summed E-state index contributed by atoms with van der Waals surface area (Å²) in [5, 5.41) is 0. The molecule has 0 atom stereocenters. The van der Waals surface area contributed by atoms with E-state index in [1.165, 1.54) is 50.1 Å². The number of morpholine rings is 1. The zero-order chi connectivity index (χ0) is 18.3. The Morgan fingerprint density at radius 1 is 0.690 bits per heavy atom. The van der Waals surface area contributed by atoms with E-state index in [4.69, 9.17) is 4.74 Å². The van der Waals surface area contributed by atoms with Gasteiger partial charge in [-0.1, -0.05) is 60.7 Å². The highest BCUT2D eigenvalue weighted by molar-refractivity contribution is 5.85. The molecule has 2 saturated heterocycles. The maximum absolute atomic E-state index is 5.46. The SMILES string of the molecule is Cl.Cl.c1ccc(C(c2ccccc2)C2CCN(CCN3CCOCC3)CC2)cc1. The molecule has 0 radical (unpaired) electrons. The Hall–Kier alpha value is -1.10. The summed E-state index contributed by atoms with van der Waals surface area (Å²) in [6.45, 7) is 8.84. The van der Waals surface area contributed by atoms with Crippen molar-refractivity contribution in [3.05, 3.63) is 71.8 Å². The highest BCUT2D eigenvalue weighted by atomic mass is 35.5. The minimum absolute atomic E-state index is 0. The van der Waals surface area contributed by atoms with Crippen LogP contribution in [0, 0.1) is 5.92 Å². The number of likely N-dealkylation sites (tertiary alicyclic amines) is 1. The molecule has 160 valence electrons. The number of piperidine rings is 1. The molecule has 2 heterocycles. The number of hydrogen-bond donors (Lipinski definition) is 0. The van der Waals surface area contributed by atoms with Crippen LogP contribution in [0.4, 0.5) is 0 Å². The number of halogens is 2. The lowest BCUT2D eigenvalue weighted by atomic mass is 9.76. The Morgan fingerprint density at radius 3 is 1.62 bits per heavy atom. The fraction of sp³-hybridized carbons (Fsp3) is 0.500. The summed E-state index contributed by atoms with van der Waals surface area (Å²) in [6.07, 6.45) is 2.58. The summed E-state index contributed by atoms with van der Waals surface area (Å²) < 4.78 is 5.46. The van der Waals surface area contributed by atoms with E-state index in [9.17, 15) is 0 Å². The third kappa shape index (κ3) is 6.70. The normalized spacial score (nSPS) is 18.8. The lowest BCUT2D eigenvalue weighted by Gasteiger charge is -2.37. The van der Waals surface area contributed by atoms with E-state index in [1.807, 2.05) is 0 Å². The second kappa shape index (κ2) is 12.6. The van der Waals surface area contributed by atoms with Gasteiger partial charge in [0.05, 0.1) is 13.2 Å². The number of hydrogen-bond acceptors (Lipinski definition) is 3. The van der Waals surface area contributed by atoms with Gasteiger partial charge in [0.1, 0.15) is 0 Å². The summed E-state index contributed by atoms with van der Waals surface area (Å²) >= 11 is 0. The molecule has 0 aromatic heterocycles. The molecular formula is C24H34Cl2N2O. The largest absolute Gasteiger partial charge is 0.379 e. The molecule has 2 aliphatic heterocycles.